The van der Waals surface area contributed by atoms with E-state index in [0.29, 0.717) is 5.56 Å². The quantitative estimate of drug-likeness (QED) is 0.536. The monoisotopic (exact) mass is 195 g/mol. The maximum atomic E-state index is 11.0. The van der Waals surface area contributed by atoms with Crippen molar-refractivity contribution in [1.29, 1.82) is 0 Å². The summed E-state index contributed by atoms with van der Waals surface area (Å²) in [6.07, 6.45) is 0. The molecule has 0 spiro atoms. The average molecular weight is 195 g/mol. The van der Waals surface area contributed by atoms with Crippen LogP contribution in [0.25, 0.3) is 4.85 Å². The zero-order valence-corrected chi connectivity index (χ0v) is 8.22. The Morgan fingerprint density at radius 2 is 2.46 bits per heavy atom. The zero-order valence-electron chi connectivity index (χ0n) is 7.40. The molecule has 0 bridgehead atoms. The van der Waals surface area contributed by atoms with Crippen LogP contribution in [0.4, 0.5) is 0 Å². The molecule has 68 valence electrons. The molecular weight excluding hydrogens is 186 g/mol. The standard InChI is InChI=1S/C9H9NO2S/c1-6(10-2)8-4-7(5-13-8)9(11)12-3/h4-6H,1,3H3. The van der Waals surface area contributed by atoms with Crippen LogP contribution >= 0.6 is 11.3 Å². The lowest BCUT2D eigenvalue weighted by molar-refractivity contribution is 0.0601. The molecule has 1 aromatic heterocycles. The Hall–Kier alpha value is -1.34. The molecular formula is C9H9NO2S. The number of esters is 1. The molecule has 0 amide bonds. The van der Waals surface area contributed by atoms with Gasteiger partial charge in [-0.25, -0.2) is 11.4 Å². The first kappa shape index (κ1) is 9.75. The summed E-state index contributed by atoms with van der Waals surface area (Å²) in [5.41, 5.74) is 0.526. The van der Waals surface area contributed by atoms with Gasteiger partial charge in [0.05, 0.1) is 17.6 Å². The van der Waals surface area contributed by atoms with Gasteiger partial charge in [0.15, 0.2) is 0 Å². The summed E-state index contributed by atoms with van der Waals surface area (Å²) >= 11 is 1.41. The minimum Gasteiger partial charge on any atom is -0.465 e. The summed E-state index contributed by atoms with van der Waals surface area (Å²) < 4.78 is 4.55. The van der Waals surface area contributed by atoms with Crippen molar-refractivity contribution in [2.24, 2.45) is 0 Å². The van der Waals surface area contributed by atoms with Crippen molar-refractivity contribution in [2.45, 2.75) is 13.0 Å². The molecule has 13 heavy (non-hydrogen) atoms. The van der Waals surface area contributed by atoms with Gasteiger partial charge in [-0.2, -0.15) is 0 Å². The maximum Gasteiger partial charge on any atom is 0.338 e. The van der Waals surface area contributed by atoms with Crippen molar-refractivity contribution in [3.63, 3.8) is 0 Å². The van der Waals surface area contributed by atoms with Crippen LogP contribution in [0.3, 0.4) is 0 Å². The van der Waals surface area contributed by atoms with E-state index in [1.165, 1.54) is 18.4 Å². The molecule has 1 unspecified atom stereocenters. The van der Waals surface area contributed by atoms with E-state index in [1.54, 1.807) is 18.4 Å². The van der Waals surface area contributed by atoms with E-state index in [0.717, 1.165) is 4.88 Å². The van der Waals surface area contributed by atoms with Crippen molar-refractivity contribution in [2.75, 3.05) is 7.11 Å². The number of ether oxygens (including phenoxy) is 1. The predicted octanol–water partition coefficient (Wildman–Crippen LogP) is 2.51. The van der Waals surface area contributed by atoms with Crippen LogP contribution in [0.5, 0.6) is 0 Å². The number of hydrogen-bond acceptors (Lipinski definition) is 3. The van der Waals surface area contributed by atoms with E-state index in [4.69, 9.17) is 6.57 Å². The van der Waals surface area contributed by atoms with Crippen molar-refractivity contribution in [1.82, 2.24) is 0 Å². The highest BCUT2D eigenvalue weighted by atomic mass is 32.1. The molecule has 0 aliphatic rings. The Morgan fingerprint density at radius 1 is 1.77 bits per heavy atom. The third kappa shape index (κ3) is 2.07. The van der Waals surface area contributed by atoms with E-state index in [1.807, 2.05) is 0 Å². The molecule has 1 atom stereocenters. The fraction of sp³-hybridized carbons (Fsp3) is 0.333. The molecule has 1 heterocycles. The van der Waals surface area contributed by atoms with Crippen LogP contribution in [0, 0.1) is 6.57 Å². The molecule has 0 aromatic carbocycles. The van der Waals surface area contributed by atoms with Gasteiger partial charge < -0.3 is 9.58 Å². The van der Waals surface area contributed by atoms with Crippen LogP contribution in [0.15, 0.2) is 11.4 Å². The Kier molecular flexibility index (Phi) is 3.04. The summed E-state index contributed by atoms with van der Waals surface area (Å²) in [6.45, 7) is 8.63. The van der Waals surface area contributed by atoms with Crippen LogP contribution < -0.4 is 0 Å². The Labute approximate surface area is 80.8 Å². The second-order valence-corrected chi connectivity index (χ2v) is 3.48. The summed E-state index contributed by atoms with van der Waals surface area (Å²) in [5.74, 6) is -0.348. The second kappa shape index (κ2) is 4.06. The average Bonchev–Trinajstić information content (AvgIpc) is 2.64. The number of methoxy groups -OCH3 is 1. The van der Waals surface area contributed by atoms with Crippen molar-refractivity contribution >= 4 is 17.3 Å². The van der Waals surface area contributed by atoms with E-state index >= 15 is 0 Å². The van der Waals surface area contributed by atoms with E-state index < -0.39 is 0 Å². The van der Waals surface area contributed by atoms with Crippen LogP contribution in [-0.4, -0.2) is 13.1 Å². The minimum atomic E-state index is -0.348. The molecule has 0 aliphatic heterocycles. The molecule has 1 aromatic rings. The molecule has 0 saturated heterocycles. The van der Waals surface area contributed by atoms with E-state index in [2.05, 4.69) is 9.58 Å². The van der Waals surface area contributed by atoms with Crippen molar-refractivity contribution < 1.29 is 9.53 Å². The predicted molar refractivity (Wildman–Crippen MR) is 50.7 cm³/mol. The smallest absolute Gasteiger partial charge is 0.338 e. The second-order valence-electron chi connectivity index (χ2n) is 2.53. The third-order valence-electron chi connectivity index (χ3n) is 1.65. The molecule has 0 aliphatic carbocycles. The molecule has 3 nitrogen and oxygen atoms in total. The summed E-state index contributed by atoms with van der Waals surface area (Å²) in [6, 6.07) is 1.53. The highest BCUT2D eigenvalue weighted by Gasteiger charge is 2.15. The number of thiophene rings is 1. The van der Waals surface area contributed by atoms with Crippen molar-refractivity contribution in [3.8, 4) is 0 Å². The summed E-state index contributed by atoms with van der Waals surface area (Å²) in [4.78, 5) is 15.3. The molecule has 0 saturated carbocycles. The largest absolute Gasteiger partial charge is 0.465 e. The van der Waals surface area contributed by atoms with Gasteiger partial charge in [-0.3, -0.25) is 0 Å². The summed E-state index contributed by atoms with van der Waals surface area (Å²) in [7, 11) is 1.35. The Bertz CT molecular complexity index is 351. The normalized spacial score (nSPS) is 11.8. The van der Waals surface area contributed by atoms with Crippen LogP contribution in [0.2, 0.25) is 0 Å². The van der Waals surface area contributed by atoms with Gasteiger partial charge >= 0.3 is 5.97 Å². The van der Waals surface area contributed by atoms with Gasteiger partial charge in [0.25, 0.3) is 6.04 Å². The van der Waals surface area contributed by atoms with Gasteiger partial charge in [-0.05, 0) is 6.07 Å². The van der Waals surface area contributed by atoms with Gasteiger partial charge in [0.2, 0.25) is 0 Å². The SMILES string of the molecule is [C-]#[N+]C(C)c1cc(C(=O)OC)cs1. The number of carbonyl (C=O) groups is 1. The van der Waals surface area contributed by atoms with Gasteiger partial charge in [-0.1, -0.05) is 0 Å². The minimum absolute atomic E-state index is 0.177. The van der Waals surface area contributed by atoms with Gasteiger partial charge in [0, 0.05) is 12.3 Å². The first-order chi connectivity index (χ1) is 6.19. The first-order valence-electron chi connectivity index (χ1n) is 3.72. The van der Waals surface area contributed by atoms with Crippen molar-refractivity contribution in [3.05, 3.63) is 33.3 Å². The third-order valence-corrected chi connectivity index (χ3v) is 2.75. The molecule has 0 N–H and O–H groups in total. The van der Waals surface area contributed by atoms with Crippen LogP contribution in [-0.2, 0) is 4.74 Å². The number of hydrogen-bond donors (Lipinski definition) is 0. The van der Waals surface area contributed by atoms with E-state index in [9.17, 15) is 4.79 Å². The fourth-order valence-corrected chi connectivity index (χ4v) is 1.73. The zero-order chi connectivity index (χ0) is 9.84. The highest BCUT2D eigenvalue weighted by molar-refractivity contribution is 7.10. The lowest BCUT2D eigenvalue weighted by Crippen LogP contribution is -1.98. The summed E-state index contributed by atoms with van der Waals surface area (Å²) in [5, 5.41) is 1.71. The molecule has 0 fully saturated rings. The highest BCUT2D eigenvalue weighted by Crippen LogP contribution is 2.24. The van der Waals surface area contributed by atoms with Gasteiger partial charge in [0.1, 0.15) is 0 Å². The topological polar surface area (TPSA) is 30.7 Å². The first-order valence-corrected chi connectivity index (χ1v) is 4.60. The number of nitrogens with zero attached hydrogens (tertiary/aromatic N) is 1. The molecule has 1 rings (SSSR count). The number of rotatable bonds is 2. The lowest BCUT2D eigenvalue weighted by Gasteiger charge is -1.93. The van der Waals surface area contributed by atoms with Gasteiger partial charge in [-0.15, -0.1) is 11.3 Å². The Morgan fingerprint density at radius 3 is 3.00 bits per heavy atom. The van der Waals surface area contributed by atoms with E-state index in [-0.39, 0.29) is 12.0 Å². The number of carbonyl (C=O) groups excluding carboxylic acids is 1. The molecule has 0 radical (unpaired) electrons. The fourth-order valence-electron chi connectivity index (χ4n) is 0.860. The van der Waals surface area contributed by atoms with Crippen LogP contribution in [0.1, 0.15) is 28.2 Å². The maximum absolute atomic E-state index is 11.0. The lowest BCUT2D eigenvalue weighted by atomic mass is 10.2. The Balaban J connectivity index is 2.88. The molecule has 4 heteroatoms.